The van der Waals surface area contributed by atoms with Gasteiger partial charge in [0.2, 0.25) is 0 Å². The van der Waals surface area contributed by atoms with Crippen LogP contribution >= 0.6 is 0 Å². The lowest BCUT2D eigenvalue weighted by Crippen LogP contribution is -2.30. The number of rotatable bonds is 2. The Bertz CT molecular complexity index is 203. The Morgan fingerprint density at radius 3 is 2.12 bits per heavy atom. The van der Waals surface area contributed by atoms with Crippen LogP contribution in [0.5, 0.6) is 0 Å². The Kier molecular flexibility index (Phi) is 7.72. The van der Waals surface area contributed by atoms with Gasteiger partial charge in [0.05, 0.1) is 6.61 Å². The molecule has 0 spiro atoms. The fourth-order valence-electron chi connectivity index (χ4n) is 1.31. The predicted octanol–water partition coefficient (Wildman–Crippen LogP) is 2.44. The molecular weight excluding hydrogens is 203 g/mol. The van der Waals surface area contributed by atoms with Gasteiger partial charge in [-0.2, -0.15) is 0 Å². The van der Waals surface area contributed by atoms with E-state index in [1.165, 1.54) is 0 Å². The lowest BCUT2D eigenvalue weighted by Gasteiger charge is -2.24. The molecule has 1 fully saturated rings. The average molecular weight is 228 g/mol. The fourth-order valence-corrected chi connectivity index (χ4v) is 1.31. The van der Waals surface area contributed by atoms with Crippen LogP contribution in [0.1, 0.15) is 41.0 Å². The highest BCUT2D eigenvalue weighted by atomic mass is 16.6. The molecule has 0 bridgehead atoms. The van der Waals surface area contributed by atoms with E-state index in [0.717, 1.165) is 25.2 Å². The van der Waals surface area contributed by atoms with E-state index in [2.05, 4.69) is 20.8 Å². The molecule has 0 unspecified atom stereocenters. The highest BCUT2D eigenvalue weighted by Crippen LogP contribution is 2.25. The summed E-state index contributed by atoms with van der Waals surface area (Å²) in [4.78, 5) is 0. The largest absolute Gasteiger partial charge is 0.486 e. The summed E-state index contributed by atoms with van der Waals surface area (Å²) in [5.41, 5.74) is 0.934. The first-order valence-electron chi connectivity index (χ1n) is 6.09. The first-order chi connectivity index (χ1) is 7.54. The van der Waals surface area contributed by atoms with Gasteiger partial charge in [0.15, 0.2) is 0 Å². The molecule has 3 nitrogen and oxygen atoms in total. The molecule has 0 aliphatic carbocycles. The third kappa shape index (κ3) is 5.68. The van der Waals surface area contributed by atoms with E-state index >= 15 is 0 Å². The van der Waals surface area contributed by atoms with Crippen LogP contribution in [0.25, 0.3) is 0 Å². The van der Waals surface area contributed by atoms with E-state index in [1.54, 1.807) is 0 Å². The summed E-state index contributed by atoms with van der Waals surface area (Å²) in [6.45, 7) is 11.7. The molecule has 0 saturated carbocycles. The lowest BCUT2D eigenvalue weighted by molar-refractivity contribution is 0.141. The Balaban J connectivity index is 0.00000106. The lowest BCUT2D eigenvalue weighted by atomic mass is 9.77. The maximum Gasteiger partial charge on any atom is 0.486 e. The van der Waals surface area contributed by atoms with Gasteiger partial charge in [0.1, 0.15) is 0 Å². The van der Waals surface area contributed by atoms with Gasteiger partial charge in [-0.1, -0.05) is 40.6 Å². The van der Waals surface area contributed by atoms with Gasteiger partial charge >= 0.3 is 7.12 Å². The van der Waals surface area contributed by atoms with Crippen LogP contribution in [0.2, 0.25) is 0 Å². The van der Waals surface area contributed by atoms with Crippen LogP contribution < -0.4 is 0 Å². The Hall–Kier alpha value is -0.315. The van der Waals surface area contributed by atoms with E-state index < -0.39 is 0 Å². The summed E-state index contributed by atoms with van der Waals surface area (Å²) >= 11 is 0. The van der Waals surface area contributed by atoms with Gasteiger partial charge in [-0.25, -0.2) is 0 Å². The quantitative estimate of drug-likeness (QED) is 0.737. The minimum atomic E-state index is -0.273. The summed E-state index contributed by atoms with van der Waals surface area (Å²) in [7, 11) is -0.273. The second kappa shape index (κ2) is 7.88. The monoisotopic (exact) mass is 228 g/mol. The molecular formula is C12H25BO3. The molecule has 16 heavy (non-hydrogen) atoms. The van der Waals surface area contributed by atoms with Gasteiger partial charge in [-0.05, 0) is 17.4 Å². The zero-order chi connectivity index (χ0) is 12.6. The Labute approximate surface area is 100.0 Å². The second-order valence-corrected chi connectivity index (χ2v) is 4.56. The first kappa shape index (κ1) is 15.7. The van der Waals surface area contributed by atoms with E-state index in [0.29, 0.717) is 0 Å². The molecule has 0 aromatic rings. The third-order valence-corrected chi connectivity index (χ3v) is 2.32. The molecule has 4 heteroatoms. The summed E-state index contributed by atoms with van der Waals surface area (Å²) in [6.07, 6.45) is 0.953. The van der Waals surface area contributed by atoms with Crippen molar-refractivity contribution < 1.29 is 14.4 Å². The molecule has 1 rings (SSSR count). The van der Waals surface area contributed by atoms with Crippen LogP contribution in [-0.4, -0.2) is 32.0 Å². The second-order valence-electron chi connectivity index (χ2n) is 4.56. The normalized spacial score (nSPS) is 17.9. The van der Waals surface area contributed by atoms with Crippen molar-refractivity contribution in [3.63, 3.8) is 0 Å². The van der Waals surface area contributed by atoms with Crippen LogP contribution in [0, 0.1) is 5.41 Å². The zero-order valence-electron chi connectivity index (χ0n) is 11.2. The van der Waals surface area contributed by atoms with Crippen molar-refractivity contribution in [2.45, 2.75) is 41.0 Å². The summed E-state index contributed by atoms with van der Waals surface area (Å²) < 4.78 is 10.8. The third-order valence-electron chi connectivity index (χ3n) is 2.32. The maximum atomic E-state index is 9.21. The first-order valence-corrected chi connectivity index (χ1v) is 6.09. The number of hydrogen-bond acceptors (Lipinski definition) is 3. The van der Waals surface area contributed by atoms with Crippen molar-refractivity contribution in [2.24, 2.45) is 5.41 Å². The minimum Gasteiger partial charge on any atom is -0.408 e. The maximum absolute atomic E-state index is 9.21. The number of aliphatic hydroxyl groups is 1. The molecule has 0 aromatic heterocycles. The number of aliphatic hydroxyl groups excluding tert-OH is 1. The predicted molar refractivity (Wildman–Crippen MR) is 68.2 cm³/mol. The molecule has 1 saturated heterocycles. The SMILES string of the molecule is CC.CC(C)(C)/C(=C/B1OCCCO1)CO. The smallest absolute Gasteiger partial charge is 0.408 e. The van der Waals surface area contributed by atoms with Crippen LogP contribution in [0.3, 0.4) is 0 Å². The standard InChI is InChI=1S/C10H19BO3.C2H6/c1-10(2,3)9(8-12)7-11-13-5-4-6-14-11;1-2/h7,12H,4-6,8H2,1-3H3;1-2H3/b9-7+;. The summed E-state index contributed by atoms with van der Waals surface area (Å²) in [5.74, 6) is 1.89. The van der Waals surface area contributed by atoms with Gasteiger partial charge in [0, 0.05) is 13.2 Å². The zero-order valence-corrected chi connectivity index (χ0v) is 11.2. The van der Waals surface area contributed by atoms with Crippen molar-refractivity contribution in [1.29, 1.82) is 0 Å². The fraction of sp³-hybridized carbons (Fsp3) is 0.833. The molecule has 1 heterocycles. The number of hydrogen-bond donors (Lipinski definition) is 1. The molecule has 0 amide bonds. The topological polar surface area (TPSA) is 38.7 Å². The Morgan fingerprint density at radius 2 is 1.75 bits per heavy atom. The van der Waals surface area contributed by atoms with Gasteiger partial charge in [0.25, 0.3) is 0 Å². The molecule has 94 valence electrons. The molecule has 0 aromatic carbocycles. The molecule has 1 aliphatic rings. The summed E-state index contributed by atoms with van der Waals surface area (Å²) in [6, 6.07) is 0. The van der Waals surface area contributed by atoms with E-state index in [4.69, 9.17) is 9.31 Å². The average Bonchev–Trinajstić information content (AvgIpc) is 2.28. The molecule has 1 N–H and O–H groups in total. The van der Waals surface area contributed by atoms with Crippen molar-refractivity contribution in [1.82, 2.24) is 0 Å². The molecule has 0 atom stereocenters. The highest BCUT2D eigenvalue weighted by molar-refractivity contribution is 6.51. The van der Waals surface area contributed by atoms with Crippen LogP contribution in [-0.2, 0) is 9.31 Å². The Morgan fingerprint density at radius 1 is 1.25 bits per heavy atom. The van der Waals surface area contributed by atoms with Gasteiger partial charge in [-0.15, -0.1) is 0 Å². The van der Waals surface area contributed by atoms with Crippen molar-refractivity contribution in [3.05, 3.63) is 11.5 Å². The highest BCUT2D eigenvalue weighted by Gasteiger charge is 2.24. The summed E-state index contributed by atoms with van der Waals surface area (Å²) in [5, 5.41) is 9.21. The van der Waals surface area contributed by atoms with Crippen molar-refractivity contribution >= 4 is 7.12 Å². The minimum absolute atomic E-state index is 0.0289. The van der Waals surface area contributed by atoms with E-state index in [-0.39, 0.29) is 19.1 Å². The van der Waals surface area contributed by atoms with Crippen molar-refractivity contribution in [2.75, 3.05) is 19.8 Å². The molecule has 1 aliphatic heterocycles. The van der Waals surface area contributed by atoms with Crippen molar-refractivity contribution in [3.8, 4) is 0 Å². The van der Waals surface area contributed by atoms with E-state index in [1.807, 2.05) is 19.8 Å². The van der Waals surface area contributed by atoms with Gasteiger partial charge in [-0.3, -0.25) is 0 Å². The van der Waals surface area contributed by atoms with Crippen LogP contribution in [0.4, 0.5) is 0 Å². The van der Waals surface area contributed by atoms with E-state index in [9.17, 15) is 5.11 Å². The van der Waals surface area contributed by atoms with Gasteiger partial charge < -0.3 is 14.4 Å². The van der Waals surface area contributed by atoms with Crippen LogP contribution in [0.15, 0.2) is 11.5 Å². The molecule has 0 radical (unpaired) electrons.